The molecule has 1 N–H and O–H groups in total. The molecule has 0 bridgehead atoms. The van der Waals surface area contributed by atoms with Gasteiger partial charge in [-0.3, -0.25) is 0 Å². The highest BCUT2D eigenvalue weighted by Gasteiger charge is 2.35. The summed E-state index contributed by atoms with van der Waals surface area (Å²) in [5, 5.41) is 10.6. The van der Waals surface area contributed by atoms with Gasteiger partial charge in [0, 0.05) is 24.7 Å². The van der Waals surface area contributed by atoms with E-state index in [1.165, 1.54) is 0 Å². The minimum atomic E-state index is -2.48. The van der Waals surface area contributed by atoms with Gasteiger partial charge in [-0.05, 0) is 71.0 Å². The van der Waals surface area contributed by atoms with Crippen LogP contribution in [0.3, 0.4) is 0 Å². The Bertz CT molecular complexity index is 820. The molecule has 3 rings (SSSR count). The lowest BCUT2D eigenvalue weighted by atomic mass is 10.3. The predicted octanol–water partition coefficient (Wildman–Crippen LogP) is 6.88. The minimum Gasteiger partial charge on any atom is -0.449 e. The van der Waals surface area contributed by atoms with E-state index in [2.05, 4.69) is 0 Å². The van der Waals surface area contributed by atoms with Crippen molar-refractivity contribution in [1.29, 1.82) is 0 Å². The maximum Gasteiger partial charge on any atom is 0.517 e. The van der Waals surface area contributed by atoms with Gasteiger partial charge in [-0.2, -0.15) is 0 Å². The molecule has 0 aromatic heterocycles. The second-order valence-corrected chi connectivity index (χ2v) is 8.69. The Morgan fingerprint density at radius 1 is 0.720 bits per heavy atom. The number of rotatable bonds is 4. The van der Waals surface area contributed by atoms with Crippen molar-refractivity contribution in [3.05, 3.63) is 88.9 Å². The molecule has 0 amide bonds. The van der Waals surface area contributed by atoms with E-state index in [0.717, 1.165) is 14.7 Å². The molecule has 0 spiro atoms. The highest BCUT2D eigenvalue weighted by molar-refractivity contribution is 8.30. The topological polar surface area (TPSA) is 46.5 Å². The molecular weight excluding hydrogens is 379 g/mol. The fraction of sp³-hybridized carbons (Fsp3) is 0. The van der Waals surface area contributed by atoms with Crippen LogP contribution >= 0.6 is 33.5 Å². The van der Waals surface area contributed by atoms with E-state index >= 15 is 0 Å². The van der Waals surface area contributed by atoms with Gasteiger partial charge in [0.2, 0.25) is 0 Å². The average molecular weight is 393 g/mol. The van der Waals surface area contributed by atoms with Crippen LogP contribution in [0.25, 0.3) is 0 Å². The summed E-state index contributed by atoms with van der Waals surface area (Å²) in [6.45, 7) is 0. The SMILES string of the molecule is O=C(O)OS(c1ccccc1)(c1ccc(Cl)cc1)c1ccc(Cl)cc1. The van der Waals surface area contributed by atoms with Crippen molar-refractivity contribution >= 4 is 39.7 Å². The van der Waals surface area contributed by atoms with Crippen molar-refractivity contribution < 1.29 is 14.1 Å². The first-order valence-corrected chi connectivity index (χ1v) is 9.66. The maximum atomic E-state index is 11.6. The Morgan fingerprint density at radius 3 is 1.52 bits per heavy atom. The van der Waals surface area contributed by atoms with Crippen LogP contribution in [0.2, 0.25) is 10.0 Å². The molecule has 0 unspecified atom stereocenters. The molecule has 3 nitrogen and oxygen atoms in total. The van der Waals surface area contributed by atoms with Gasteiger partial charge in [-0.1, -0.05) is 41.4 Å². The maximum absolute atomic E-state index is 11.6. The lowest BCUT2D eigenvalue weighted by molar-refractivity contribution is 0.150. The molecule has 0 saturated heterocycles. The largest absolute Gasteiger partial charge is 0.517 e. The summed E-state index contributed by atoms with van der Waals surface area (Å²) < 4.78 is 5.59. The molecule has 0 atom stereocenters. The van der Waals surface area contributed by atoms with Crippen molar-refractivity contribution in [2.75, 3.05) is 0 Å². The third-order valence-corrected chi connectivity index (χ3v) is 7.27. The van der Waals surface area contributed by atoms with Crippen LogP contribution < -0.4 is 0 Å². The van der Waals surface area contributed by atoms with Crippen molar-refractivity contribution in [3.63, 3.8) is 0 Å². The van der Waals surface area contributed by atoms with Gasteiger partial charge in [0.25, 0.3) is 0 Å². The van der Waals surface area contributed by atoms with Gasteiger partial charge in [0.15, 0.2) is 0 Å². The van der Waals surface area contributed by atoms with E-state index in [-0.39, 0.29) is 0 Å². The van der Waals surface area contributed by atoms with Gasteiger partial charge >= 0.3 is 6.16 Å². The first-order valence-electron chi connectivity index (χ1n) is 7.34. The Hall–Kier alpha value is -2.14. The van der Waals surface area contributed by atoms with Crippen molar-refractivity contribution in [3.8, 4) is 0 Å². The van der Waals surface area contributed by atoms with Crippen LogP contribution in [0.15, 0.2) is 93.5 Å². The van der Waals surface area contributed by atoms with Gasteiger partial charge in [-0.25, -0.2) is 4.79 Å². The molecule has 0 aliphatic rings. The predicted molar refractivity (Wildman–Crippen MR) is 101 cm³/mol. The summed E-state index contributed by atoms with van der Waals surface area (Å²) in [6, 6.07) is 23.4. The highest BCUT2D eigenvalue weighted by Crippen LogP contribution is 2.69. The molecular formula is C19H14Cl2O3S. The second-order valence-electron chi connectivity index (χ2n) is 5.13. The summed E-state index contributed by atoms with van der Waals surface area (Å²) >= 11 is 12.0. The molecule has 128 valence electrons. The molecule has 0 aliphatic carbocycles. The molecule has 0 heterocycles. The fourth-order valence-electron chi connectivity index (χ4n) is 2.52. The van der Waals surface area contributed by atoms with E-state index < -0.39 is 16.5 Å². The zero-order chi connectivity index (χ0) is 17.9. The number of carbonyl (C=O) groups is 1. The van der Waals surface area contributed by atoms with Gasteiger partial charge in [0.1, 0.15) is 0 Å². The Kier molecular flexibility index (Phi) is 5.23. The normalized spacial score (nSPS) is 11.8. The lowest BCUT2D eigenvalue weighted by Crippen LogP contribution is -2.11. The summed E-state index contributed by atoms with van der Waals surface area (Å²) in [6.07, 6.45) is -1.34. The minimum absolute atomic E-state index is 0.566. The third kappa shape index (κ3) is 3.61. The first kappa shape index (κ1) is 17.7. The zero-order valence-electron chi connectivity index (χ0n) is 12.9. The van der Waals surface area contributed by atoms with Gasteiger partial charge in [-0.15, -0.1) is 0 Å². The monoisotopic (exact) mass is 392 g/mol. The molecule has 0 fully saturated rings. The first-order chi connectivity index (χ1) is 12.0. The number of benzene rings is 3. The average Bonchev–Trinajstić information content (AvgIpc) is 2.62. The standard InChI is InChI=1S/C19H14Cl2O3S/c20-14-6-10-17(11-7-14)25(24-19(22)23,16-4-2-1-3-5-16)18-12-8-15(21)9-13-18/h1-13H,(H,22,23). The smallest absolute Gasteiger partial charge is 0.449 e. The summed E-state index contributed by atoms with van der Waals surface area (Å²) in [4.78, 5) is 13.8. The Balaban J connectivity index is 2.32. The molecule has 3 aromatic rings. The molecule has 0 aliphatic heterocycles. The van der Waals surface area contributed by atoms with E-state index in [1.54, 1.807) is 48.5 Å². The van der Waals surface area contributed by atoms with Crippen molar-refractivity contribution in [2.24, 2.45) is 0 Å². The van der Waals surface area contributed by atoms with Crippen molar-refractivity contribution in [1.82, 2.24) is 0 Å². The molecule has 0 saturated carbocycles. The highest BCUT2D eigenvalue weighted by atomic mass is 35.5. The van der Waals surface area contributed by atoms with Crippen LogP contribution in [-0.2, 0) is 4.18 Å². The summed E-state index contributed by atoms with van der Waals surface area (Å²) in [5.74, 6) is 0. The van der Waals surface area contributed by atoms with Crippen LogP contribution in [0.5, 0.6) is 0 Å². The summed E-state index contributed by atoms with van der Waals surface area (Å²) in [5.41, 5.74) is 0. The van der Waals surface area contributed by atoms with E-state index in [4.69, 9.17) is 27.4 Å². The fourth-order valence-corrected chi connectivity index (χ4v) is 5.67. The van der Waals surface area contributed by atoms with Crippen LogP contribution in [0, 0.1) is 0 Å². The molecule has 25 heavy (non-hydrogen) atoms. The van der Waals surface area contributed by atoms with E-state index in [1.807, 2.05) is 30.3 Å². The van der Waals surface area contributed by atoms with Gasteiger partial charge in [0.05, 0.1) is 0 Å². The lowest BCUT2D eigenvalue weighted by Gasteiger charge is -2.38. The second kappa shape index (κ2) is 7.40. The van der Waals surface area contributed by atoms with Crippen LogP contribution in [-0.4, -0.2) is 11.3 Å². The third-order valence-electron chi connectivity index (χ3n) is 3.56. The van der Waals surface area contributed by atoms with Crippen LogP contribution in [0.1, 0.15) is 0 Å². The Morgan fingerprint density at radius 2 is 1.12 bits per heavy atom. The molecule has 6 heteroatoms. The van der Waals surface area contributed by atoms with Gasteiger partial charge < -0.3 is 9.29 Å². The van der Waals surface area contributed by atoms with Crippen LogP contribution in [0.4, 0.5) is 4.79 Å². The molecule has 3 aromatic carbocycles. The number of carboxylic acid groups (broad SMARTS) is 1. The number of halogens is 2. The summed E-state index contributed by atoms with van der Waals surface area (Å²) in [7, 11) is -2.48. The number of hydrogen-bond donors (Lipinski definition) is 1. The number of hydrogen-bond acceptors (Lipinski definition) is 2. The quantitative estimate of drug-likeness (QED) is 0.525. The Labute approximate surface area is 157 Å². The van der Waals surface area contributed by atoms with E-state index in [0.29, 0.717) is 10.0 Å². The van der Waals surface area contributed by atoms with Crippen molar-refractivity contribution in [2.45, 2.75) is 14.7 Å². The molecule has 0 radical (unpaired) electrons. The van der Waals surface area contributed by atoms with E-state index in [9.17, 15) is 9.90 Å². The zero-order valence-corrected chi connectivity index (χ0v) is 15.3.